The van der Waals surface area contributed by atoms with Crippen LogP contribution >= 0.6 is 0 Å². The number of amides is 4. The molecule has 0 spiro atoms. The fourth-order valence-electron chi connectivity index (χ4n) is 3.66. The second kappa shape index (κ2) is 20.2. The minimum atomic E-state index is -1.18. The second-order valence-corrected chi connectivity index (χ2v) is 9.64. The molecule has 42 heavy (non-hydrogen) atoms. The highest BCUT2D eigenvalue weighted by atomic mass is 16.5. The van der Waals surface area contributed by atoms with Crippen LogP contribution < -0.4 is 21.3 Å². The van der Waals surface area contributed by atoms with Gasteiger partial charge < -0.3 is 30.7 Å². The zero-order chi connectivity index (χ0) is 31.3. The smallest absolute Gasteiger partial charge is 0.408 e. The first kappa shape index (κ1) is 35.3. The van der Waals surface area contributed by atoms with Gasteiger partial charge in [0.1, 0.15) is 24.7 Å². The van der Waals surface area contributed by atoms with E-state index < -0.39 is 42.0 Å². The lowest BCUT2D eigenvalue weighted by atomic mass is 10.0. The van der Waals surface area contributed by atoms with Crippen molar-refractivity contribution in [2.45, 2.75) is 70.7 Å². The lowest BCUT2D eigenvalue weighted by Gasteiger charge is -2.25. The molecule has 0 fully saturated rings. The molecular formula is C28H39N7O7. The van der Waals surface area contributed by atoms with Gasteiger partial charge in [0, 0.05) is 30.8 Å². The van der Waals surface area contributed by atoms with Gasteiger partial charge in [-0.2, -0.15) is 0 Å². The van der Waals surface area contributed by atoms with Crippen LogP contribution in [0.2, 0.25) is 0 Å². The van der Waals surface area contributed by atoms with Crippen molar-refractivity contribution in [1.29, 1.82) is 0 Å². The Labute approximate surface area is 245 Å². The third-order valence-electron chi connectivity index (χ3n) is 5.77. The number of rotatable bonds is 18. The summed E-state index contributed by atoms with van der Waals surface area (Å²) >= 11 is 0. The van der Waals surface area contributed by atoms with Gasteiger partial charge in [0.15, 0.2) is 0 Å². The molecule has 14 heteroatoms. The van der Waals surface area contributed by atoms with Crippen LogP contribution in [0, 0.1) is 18.3 Å². The molecule has 3 atom stereocenters. The summed E-state index contributed by atoms with van der Waals surface area (Å²) in [5.41, 5.74) is 9.04. The number of hydrogen-bond donors (Lipinski definition) is 4. The lowest BCUT2D eigenvalue weighted by molar-refractivity contribution is -0.145. The maximum absolute atomic E-state index is 13.2. The minimum Gasteiger partial charge on any atom is -0.467 e. The van der Waals surface area contributed by atoms with E-state index in [2.05, 4.69) is 37.2 Å². The van der Waals surface area contributed by atoms with E-state index in [-0.39, 0.29) is 57.2 Å². The van der Waals surface area contributed by atoms with Crippen molar-refractivity contribution in [3.8, 4) is 12.3 Å². The Morgan fingerprint density at radius 1 is 1.02 bits per heavy atom. The summed E-state index contributed by atoms with van der Waals surface area (Å²) in [6, 6.07) is 5.54. The summed E-state index contributed by atoms with van der Waals surface area (Å²) in [7, 11) is 1.15. The standard InChI is InChI=1S/C28H39N7O7/c1-5-10-21(34-28(40)42-18-20-11-7-6-8-12-20)25(37)33-23(17-19(2)3)26(38)32-22(27(39)41-4)13-14-24(36)30-15-9-16-31-35-29/h1,6-8,11-12,19,21-23H,9-10,13-18H2,2-4H3,(H,30,36)(H,32,38)(H,33,37)(H,34,40)/t21-,22-,23-/m0/s1. The molecular weight excluding hydrogens is 546 g/mol. The summed E-state index contributed by atoms with van der Waals surface area (Å²) in [6.07, 6.45) is 4.88. The summed E-state index contributed by atoms with van der Waals surface area (Å²) in [6.45, 7) is 4.18. The first-order valence-corrected chi connectivity index (χ1v) is 13.5. The van der Waals surface area contributed by atoms with Crippen LogP contribution in [0.15, 0.2) is 35.4 Å². The van der Waals surface area contributed by atoms with Crippen molar-refractivity contribution >= 4 is 29.8 Å². The molecule has 14 nitrogen and oxygen atoms in total. The molecule has 1 rings (SSSR count). The minimum absolute atomic E-state index is 0.0157. The van der Waals surface area contributed by atoms with Gasteiger partial charge in [-0.05, 0) is 36.3 Å². The van der Waals surface area contributed by atoms with E-state index in [1.807, 2.05) is 19.9 Å². The number of azide groups is 1. The molecule has 0 aliphatic rings. The number of hydrogen-bond acceptors (Lipinski definition) is 8. The van der Waals surface area contributed by atoms with E-state index in [9.17, 15) is 24.0 Å². The van der Waals surface area contributed by atoms with Crippen molar-refractivity contribution in [3.05, 3.63) is 46.3 Å². The second-order valence-electron chi connectivity index (χ2n) is 9.64. The monoisotopic (exact) mass is 585 g/mol. The Morgan fingerprint density at radius 3 is 2.31 bits per heavy atom. The van der Waals surface area contributed by atoms with Crippen molar-refractivity contribution in [3.63, 3.8) is 0 Å². The Balaban J connectivity index is 2.82. The summed E-state index contributed by atoms with van der Waals surface area (Å²) < 4.78 is 9.95. The van der Waals surface area contributed by atoms with E-state index in [1.54, 1.807) is 24.3 Å². The van der Waals surface area contributed by atoms with Gasteiger partial charge in [0.05, 0.1) is 7.11 Å². The third-order valence-corrected chi connectivity index (χ3v) is 5.77. The number of methoxy groups -OCH3 is 1. The molecule has 0 radical (unpaired) electrons. The summed E-state index contributed by atoms with van der Waals surface area (Å²) in [5.74, 6) is -0.222. The van der Waals surface area contributed by atoms with E-state index in [0.29, 0.717) is 6.42 Å². The van der Waals surface area contributed by atoms with E-state index >= 15 is 0 Å². The van der Waals surface area contributed by atoms with E-state index in [0.717, 1.165) is 12.7 Å². The summed E-state index contributed by atoms with van der Waals surface area (Å²) in [5, 5.41) is 13.6. The van der Waals surface area contributed by atoms with Crippen LogP contribution in [0.3, 0.4) is 0 Å². The molecule has 4 amide bonds. The molecule has 0 heterocycles. The van der Waals surface area contributed by atoms with Gasteiger partial charge in [0.2, 0.25) is 17.7 Å². The fraction of sp³-hybridized carbons (Fsp3) is 0.536. The molecule has 1 aromatic rings. The molecule has 228 valence electrons. The molecule has 0 unspecified atom stereocenters. The van der Waals surface area contributed by atoms with Crippen molar-refractivity contribution in [1.82, 2.24) is 21.3 Å². The molecule has 0 aromatic heterocycles. The summed E-state index contributed by atoms with van der Waals surface area (Å²) in [4.78, 5) is 65.7. The number of ether oxygens (including phenoxy) is 2. The topological polar surface area (TPSA) is 201 Å². The van der Waals surface area contributed by atoms with Crippen LogP contribution in [0.25, 0.3) is 10.4 Å². The Morgan fingerprint density at radius 2 is 1.69 bits per heavy atom. The van der Waals surface area contributed by atoms with Crippen LogP contribution in [-0.2, 0) is 35.3 Å². The molecule has 0 aliphatic carbocycles. The number of terminal acetylenes is 1. The number of nitrogens with one attached hydrogen (secondary N) is 4. The van der Waals surface area contributed by atoms with Gasteiger partial charge in [-0.15, -0.1) is 12.3 Å². The van der Waals surface area contributed by atoms with Crippen molar-refractivity contribution in [2.75, 3.05) is 20.2 Å². The molecule has 0 saturated carbocycles. The van der Waals surface area contributed by atoms with Crippen molar-refractivity contribution in [2.24, 2.45) is 11.0 Å². The molecule has 0 saturated heterocycles. The number of esters is 1. The average molecular weight is 586 g/mol. The van der Waals surface area contributed by atoms with Crippen molar-refractivity contribution < 1.29 is 33.4 Å². The fourth-order valence-corrected chi connectivity index (χ4v) is 3.66. The highest BCUT2D eigenvalue weighted by Crippen LogP contribution is 2.09. The number of carbonyl (C=O) groups excluding carboxylic acids is 5. The number of nitrogens with zero attached hydrogens (tertiary/aromatic N) is 3. The Hall–Kier alpha value is -4.76. The number of carbonyl (C=O) groups is 5. The number of alkyl carbamates (subject to hydrolysis) is 1. The van der Waals surface area contributed by atoms with Gasteiger partial charge in [-0.3, -0.25) is 14.4 Å². The first-order chi connectivity index (χ1) is 20.1. The normalized spacial score (nSPS) is 12.4. The quantitative estimate of drug-likeness (QED) is 0.0504. The SMILES string of the molecule is C#CC[C@H](NC(=O)OCc1ccccc1)C(=O)N[C@@H](CC(C)C)C(=O)N[C@@H](CCC(=O)NCCCN=[N+]=[N-])C(=O)OC. The van der Waals surface area contributed by atoms with Gasteiger partial charge in [-0.1, -0.05) is 49.3 Å². The zero-order valence-corrected chi connectivity index (χ0v) is 24.1. The molecule has 4 N–H and O–H groups in total. The lowest BCUT2D eigenvalue weighted by Crippen LogP contribution is -2.56. The van der Waals surface area contributed by atoms with Gasteiger partial charge in [-0.25, -0.2) is 9.59 Å². The predicted molar refractivity (Wildman–Crippen MR) is 153 cm³/mol. The molecule has 0 bridgehead atoms. The predicted octanol–water partition coefficient (Wildman–Crippen LogP) is 2.09. The molecule has 0 aliphatic heterocycles. The zero-order valence-electron chi connectivity index (χ0n) is 24.1. The highest BCUT2D eigenvalue weighted by Gasteiger charge is 2.30. The first-order valence-electron chi connectivity index (χ1n) is 13.5. The Kier molecular flexibility index (Phi) is 16.9. The van der Waals surface area contributed by atoms with E-state index in [4.69, 9.17) is 21.4 Å². The van der Waals surface area contributed by atoms with Crippen LogP contribution in [0.5, 0.6) is 0 Å². The number of benzene rings is 1. The van der Waals surface area contributed by atoms with Crippen LogP contribution in [0.1, 0.15) is 51.5 Å². The molecule has 1 aromatic carbocycles. The third kappa shape index (κ3) is 14.6. The van der Waals surface area contributed by atoms with Crippen LogP contribution in [0.4, 0.5) is 4.79 Å². The highest BCUT2D eigenvalue weighted by molar-refractivity contribution is 5.93. The van der Waals surface area contributed by atoms with Gasteiger partial charge in [0.25, 0.3) is 0 Å². The Bertz CT molecular complexity index is 1130. The maximum Gasteiger partial charge on any atom is 0.408 e. The van der Waals surface area contributed by atoms with E-state index in [1.165, 1.54) is 0 Å². The average Bonchev–Trinajstić information content (AvgIpc) is 2.97. The van der Waals surface area contributed by atoms with Gasteiger partial charge >= 0.3 is 12.1 Å². The maximum atomic E-state index is 13.2. The van der Waals surface area contributed by atoms with Crippen LogP contribution in [-0.4, -0.2) is 68.1 Å². The largest absolute Gasteiger partial charge is 0.467 e.